The van der Waals surface area contributed by atoms with Crippen molar-refractivity contribution < 1.29 is 9.59 Å². The van der Waals surface area contributed by atoms with E-state index < -0.39 is 0 Å². The topological polar surface area (TPSA) is 55.9 Å². The minimum Gasteiger partial charge on any atom is -0.334 e. The molecule has 3 rings (SSSR count). The van der Waals surface area contributed by atoms with Gasteiger partial charge in [0.1, 0.15) is 0 Å². The molecular weight excluding hydrogens is 292 g/mol. The third-order valence-corrected chi connectivity index (χ3v) is 4.50. The number of nitrogens with one attached hydrogen (secondary N) is 1. The monoisotopic (exact) mass is 316 g/mol. The van der Waals surface area contributed by atoms with Crippen LogP contribution < -0.4 is 5.32 Å². The number of benzene rings is 1. The lowest BCUT2D eigenvalue weighted by molar-refractivity contribution is 0.124. The lowest BCUT2D eigenvalue weighted by atomic mass is 10.2. The largest absolute Gasteiger partial charge is 0.334 e. The van der Waals surface area contributed by atoms with Gasteiger partial charge < -0.3 is 20.0 Å². The maximum absolute atomic E-state index is 12.3. The van der Waals surface area contributed by atoms with E-state index in [4.69, 9.17) is 0 Å². The highest BCUT2D eigenvalue weighted by Crippen LogP contribution is 2.12. The molecule has 2 aliphatic heterocycles. The van der Waals surface area contributed by atoms with Crippen molar-refractivity contribution in [2.75, 3.05) is 39.3 Å². The average molecular weight is 316 g/mol. The first kappa shape index (κ1) is 15.6. The second-order valence-corrected chi connectivity index (χ2v) is 6.10. The van der Waals surface area contributed by atoms with Crippen molar-refractivity contribution in [2.24, 2.45) is 0 Å². The van der Waals surface area contributed by atoms with Gasteiger partial charge in [-0.25, -0.2) is 9.59 Å². The van der Waals surface area contributed by atoms with Gasteiger partial charge in [0.05, 0.1) is 0 Å². The van der Waals surface area contributed by atoms with Crippen LogP contribution in [0.3, 0.4) is 0 Å². The van der Waals surface area contributed by atoms with Crippen molar-refractivity contribution in [3.8, 4) is 0 Å². The molecule has 6 nitrogen and oxygen atoms in total. The highest BCUT2D eigenvalue weighted by molar-refractivity contribution is 5.76. The molecule has 0 radical (unpaired) electrons. The Morgan fingerprint density at radius 3 is 2.04 bits per heavy atom. The standard InChI is InChI=1S/C17H24N4O2/c22-16(18-14-15-6-2-1-3-7-15)19-10-12-21(13-11-19)17(23)20-8-4-5-9-20/h1-3,6-7H,4-5,8-14H2,(H,18,22). The quantitative estimate of drug-likeness (QED) is 0.903. The third-order valence-electron chi connectivity index (χ3n) is 4.50. The number of hydrogen-bond donors (Lipinski definition) is 1. The number of amides is 4. The van der Waals surface area contributed by atoms with Gasteiger partial charge in [0, 0.05) is 45.8 Å². The van der Waals surface area contributed by atoms with Crippen LogP contribution in [0.25, 0.3) is 0 Å². The van der Waals surface area contributed by atoms with E-state index in [1.165, 1.54) is 0 Å². The molecule has 124 valence electrons. The van der Waals surface area contributed by atoms with Gasteiger partial charge in [0.15, 0.2) is 0 Å². The summed E-state index contributed by atoms with van der Waals surface area (Å²) in [5.41, 5.74) is 1.09. The number of urea groups is 2. The molecule has 0 unspecified atom stereocenters. The molecular formula is C17H24N4O2. The zero-order chi connectivity index (χ0) is 16.1. The first-order valence-electron chi connectivity index (χ1n) is 8.34. The Morgan fingerprint density at radius 1 is 0.826 bits per heavy atom. The molecule has 0 aliphatic carbocycles. The number of likely N-dealkylation sites (tertiary alicyclic amines) is 1. The van der Waals surface area contributed by atoms with Gasteiger partial charge in [0.25, 0.3) is 0 Å². The molecule has 23 heavy (non-hydrogen) atoms. The van der Waals surface area contributed by atoms with Crippen LogP contribution in [0.4, 0.5) is 9.59 Å². The molecule has 2 aliphatic rings. The van der Waals surface area contributed by atoms with E-state index >= 15 is 0 Å². The van der Waals surface area contributed by atoms with Crippen LogP contribution in [0.1, 0.15) is 18.4 Å². The molecule has 2 saturated heterocycles. The fraction of sp³-hybridized carbons (Fsp3) is 0.529. The van der Waals surface area contributed by atoms with Crippen LogP contribution >= 0.6 is 0 Å². The molecule has 6 heteroatoms. The van der Waals surface area contributed by atoms with Gasteiger partial charge in [-0.1, -0.05) is 30.3 Å². The van der Waals surface area contributed by atoms with E-state index in [0.29, 0.717) is 32.7 Å². The maximum Gasteiger partial charge on any atom is 0.320 e. The Hall–Kier alpha value is -2.24. The molecule has 0 bridgehead atoms. The summed E-state index contributed by atoms with van der Waals surface area (Å²) in [4.78, 5) is 30.1. The predicted octanol–water partition coefficient (Wildman–Crippen LogP) is 1.73. The third kappa shape index (κ3) is 3.94. The van der Waals surface area contributed by atoms with E-state index in [2.05, 4.69) is 5.32 Å². The average Bonchev–Trinajstić information content (AvgIpc) is 3.15. The number of piperazine rings is 1. The minimum atomic E-state index is -0.0536. The van der Waals surface area contributed by atoms with Crippen molar-refractivity contribution in [3.05, 3.63) is 35.9 Å². The number of carbonyl (C=O) groups excluding carboxylic acids is 2. The smallest absolute Gasteiger partial charge is 0.320 e. The summed E-state index contributed by atoms with van der Waals surface area (Å²) < 4.78 is 0. The van der Waals surface area contributed by atoms with Gasteiger partial charge in [0.2, 0.25) is 0 Å². The van der Waals surface area contributed by atoms with Crippen molar-refractivity contribution in [2.45, 2.75) is 19.4 Å². The Morgan fingerprint density at radius 2 is 1.39 bits per heavy atom. The molecule has 1 aromatic carbocycles. The van der Waals surface area contributed by atoms with E-state index in [0.717, 1.165) is 31.5 Å². The van der Waals surface area contributed by atoms with E-state index in [9.17, 15) is 9.59 Å². The Labute approximate surface area is 137 Å². The van der Waals surface area contributed by atoms with E-state index in [1.807, 2.05) is 40.1 Å². The van der Waals surface area contributed by atoms with Crippen molar-refractivity contribution in [1.82, 2.24) is 20.0 Å². The lowest BCUT2D eigenvalue weighted by Crippen LogP contribution is -2.55. The van der Waals surface area contributed by atoms with Gasteiger partial charge in [-0.3, -0.25) is 0 Å². The minimum absolute atomic E-state index is 0.0536. The second-order valence-electron chi connectivity index (χ2n) is 6.10. The molecule has 1 N–H and O–H groups in total. The van der Waals surface area contributed by atoms with E-state index in [-0.39, 0.29) is 12.1 Å². The second kappa shape index (κ2) is 7.35. The molecule has 1 aromatic rings. The highest BCUT2D eigenvalue weighted by atomic mass is 16.2. The fourth-order valence-corrected chi connectivity index (χ4v) is 3.09. The molecule has 0 atom stereocenters. The predicted molar refractivity (Wildman–Crippen MR) is 88.0 cm³/mol. The molecule has 0 aromatic heterocycles. The van der Waals surface area contributed by atoms with Crippen LogP contribution in [0, 0.1) is 0 Å². The maximum atomic E-state index is 12.3. The van der Waals surface area contributed by atoms with Crippen LogP contribution in [-0.2, 0) is 6.54 Å². The number of rotatable bonds is 2. The molecule has 0 spiro atoms. The lowest BCUT2D eigenvalue weighted by Gasteiger charge is -2.36. The molecule has 0 saturated carbocycles. The summed E-state index contributed by atoms with van der Waals surface area (Å²) in [5, 5.41) is 2.94. The zero-order valence-corrected chi connectivity index (χ0v) is 13.4. The Kier molecular flexibility index (Phi) is 5.00. The Bertz CT molecular complexity index is 535. The molecule has 2 heterocycles. The van der Waals surface area contributed by atoms with Crippen LogP contribution in [0.2, 0.25) is 0 Å². The SMILES string of the molecule is O=C(NCc1ccccc1)N1CCN(C(=O)N2CCCC2)CC1. The van der Waals surface area contributed by atoms with Gasteiger partial charge in [-0.15, -0.1) is 0 Å². The van der Waals surface area contributed by atoms with Crippen LogP contribution in [0.5, 0.6) is 0 Å². The van der Waals surface area contributed by atoms with Crippen LogP contribution in [0.15, 0.2) is 30.3 Å². The summed E-state index contributed by atoms with van der Waals surface area (Å²) in [5.74, 6) is 0. The fourth-order valence-electron chi connectivity index (χ4n) is 3.09. The van der Waals surface area contributed by atoms with Crippen LogP contribution in [-0.4, -0.2) is 66.0 Å². The van der Waals surface area contributed by atoms with E-state index in [1.54, 1.807) is 4.90 Å². The summed E-state index contributed by atoms with van der Waals surface area (Å²) in [6.07, 6.45) is 2.21. The summed E-state index contributed by atoms with van der Waals surface area (Å²) in [6, 6.07) is 9.95. The summed E-state index contributed by atoms with van der Waals surface area (Å²) in [6.45, 7) is 4.71. The number of nitrogens with zero attached hydrogens (tertiary/aromatic N) is 3. The van der Waals surface area contributed by atoms with Crippen molar-refractivity contribution in [3.63, 3.8) is 0 Å². The zero-order valence-electron chi connectivity index (χ0n) is 13.4. The highest BCUT2D eigenvalue weighted by Gasteiger charge is 2.28. The first-order valence-corrected chi connectivity index (χ1v) is 8.34. The normalized spacial score (nSPS) is 18.2. The van der Waals surface area contributed by atoms with Gasteiger partial charge >= 0.3 is 12.1 Å². The van der Waals surface area contributed by atoms with Gasteiger partial charge in [-0.2, -0.15) is 0 Å². The summed E-state index contributed by atoms with van der Waals surface area (Å²) >= 11 is 0. The van der Waals surface area contributed by atoms with Gasteiger partial charge in [-0.05, 0) is 18.4 Å². The molecule has 4 amide bonds. The number of carbonyl (C=O) groups is 2. The van der Waals surface area contributed by atoms with Crippen molar-refractivity contribution in [1.29, 1.82) is 0 Å². The number of hydrogen-bond acceptors (Lipinski definition) is 2. The van der Waals surface area contributed by atoms with Crippen molar-refractivity contribution >= 4 is 12.1 Å². The molecule has 2 fully saturated rings. The first-order chi connectivity index (χ1) is 11.2. The summed E-state index contributed by atoms with van der Waals surface area (Å²) in [7, 11) is 0. The Balaban J connectivity index is 1.43.